The molecule has 21 heavy (non-hydrogen) atoms. The summed E-state index contributed by atoms with van der Waals surface area (Å²) in [6.45, 7) is -0.116. The number of alkyl halides is 1. The van der Waals surface area contributed by atoms with Gasteiger partial charge in [0.2, 0.25) is 5.82 Å². The fourth-order valence-electron chi connectivity index (χ4n) is 1.89. The second kappa shape index (κ2) is 5.65. The first-order valence-electron chi connectivity index (χ1n) is 6.18. The molecule has 0 saturated heterocycles. The van der Waals surface area contributed by atoms with Crippen LogP contribution < -0.4 is 5.76 Å². The first kappa shape index (κ1) is 13.2. The van der Waals surface area contributed by atoms with Crippen LogP contribution in [0.2, 0.25) is 0 Å². The van der Waals surface area contributed by atoms with Crippen LogP contribution >= 0.6 is 0 Å². The molecule has 0 aromatic carbocycles. The van der Waals surface area contributed by atoms with Gasteiger partial charge < -0.3 is 0 Å². The highest BCUT2D eigenvalue weighted by Gasteiger charge is 2.15. The Morgan fingerprint density at radius 3 is 2.95 bits per heavy atom. The largest absolute Gasteiger partial charge is 0.442 e. The lowest BCUT2D eigenvalue weighted by atomic mass is 10.3. The Balaban J connectivity index is 1.92. The molecule has 0 radical (unpaired) electrons. The highest BCUT2D eigenvalue weighted by Crippen LogP contribution is 2.12. The van der Waals surface area contributed by atoms with Crippen LogP contribution in [0.5, 0.6) is 0 Å². The molecule has 0 atom stereocenters. The maximum atomic E-state index is 12.3. The van der Waals surface area contributed by atoms with Crippen molar-refractivity contribution in [2.45, 2.75) is 13.1 Å². The highest BCUT2D eigenvalue weighted by molar-refractivity contribution is 5.46. The number of hydrogen-bond acceptors (Lipinski definition) is 6. The molecule has 3 aromatic heterocycles. The molecule has 0 fully saturated rings. The number of aromatic nitrogens is 6. The maximum Gasteiger partial charge on any atom is 0.442 e. The second-order valence-corrected chi connectivity index (χ2v) is 4.25. The first-order valence-corrected chi connectivity index (χ1v) is 6.18. The summed E-state index contributed by atoms with van der Waals surface area (Å²) in [5.41, 5.74) is 1.17. The summed E-state index contributed by atoms with van der Waals surface area (Å²) in [7, 11) is 0. The van der Waals surface area contributed by atoms with Crippen molar-refractivity contribution in [3.63, 3.8) is 0 Å². The molecule has 0 saturated carbocycles. The molecule has 8 nitrogen and oxygen atoms in total. The number of rotatable bonds is 5. The van der Waals surface area contributed by atoms with E-state index >= 15 is 0 Å². The third kappa shape index (κ3) is 2.71. The zero-order valence-corrected chi connectivity index (χ0v) is 10.9. The van der Waals surface area contributed by atoms with Crippen LogP contribution in [0.1, 0.15) is 5.56 Å². The lowest BCUT2D eigenvalue weighted by Gasteiger charge is -2.01. The van der Waals surface area contributed by atoms with Gasteiger partial charge in [0.1, 0.15) is 12.4 Å². The summed E-state index contributed by atoms with van der Waals surface area (Å²) >= 11 is 0. The molecule has 0 N–H and O–H groups in total. The van der Waals surface area contributed by atoms with E-state index in [2.05, 4.69) is 24.7 Å². The van der Waals surface area contributed by atoms with Crippen molar-refractivity contribution in [1.82, 2.24) is 29.5 Å². The van der Waals surface area contributed by atoms with Gasteiger partial charge in [-0.15, -0.1) is 0 Å². The molecule has 3 heterocycles. The summed E-state index contributed by atoms with van der Waals surface area (Å²) in [4.78, 5) is 19.8. The Morgan fingerprint density at radius 1 is 1.29 bits per heavy atom. The van der Waals surface area contributed by atoms with Crippen molar-refractivity contribution in [1.29, 1.82) is 0 Å². The van der Waals surface area contributed by atoms with Crippen molar-refractivity contribution in [3.8, 4) is 11.5 Å². The van der Waals surface area contributed by atoms with Gasteiger partial charge in [-0.1, -0.05) is 5.16 Å². The summed E-state index contributed by atoms with van der Waals surface area (Å²) < 4.78 is 19.7. The van der Waals surface area contributed by atoms with E-state index in [0.29, 0.717) is 5.69 Å². The fraction of sp³-hybridized carbons (Fsp3) is 0.250. The molecule has 3 rings (SSSR count). The number of aryl methyl sites for hydroxylation is 1. The van der Waals surface area contributed by atoms with E-state index in [1.54, 1.807) is 12.4 Å². The van der Waals surface area contributed by atoms with Gasteiger partial charge in [-0.25, -0.2) is 14.2 Å². The van der Waals surface area contributed by atoms with Crippen molar-refractivity contribution >= 4 is 0 Å². The van der Waals surface area contributed by atoms with Crippen LogP contribution in [0.4, 0.5) is 4.39 Å². The molecule has 0 spiro atoms. The Morgan fingerprint density at radius 2 is 2.19 bits per heavy atom. The van der Waals surface area contributed by atoms with Crippen molar-refractivity contribution < 1.29 is 8.91 Å². The molecular weight excluding hydrogens is 279 g/mol. The van der Waals surface area contributed by atoms with E-state index < -0.39 is 12.4 Å². The molecule has 0 aliphatic heterocycles. The van der Waals surface area contributed by atoms with Crippen LogP contribution in [0.15, 0.2) is 40.3 Å². The van der Waals surface area contributed by atoms with E-state index in [1.807, 2.05) is 0 Å². The van der Waals surface area contributed by atoms with Crippen molar-refractivity contribution in [2.24, 2.45) is 0 Å². The molecule has 0 amide bonds. The summed E-state index contributed by atoms with van der Waals surface area (Å²) in [6.07, 6.45) is 7.74. The van der Waals surface area contributed by atoms with E-state index in [4.69, 9.17) is 0 Å². The lowest BCUT2D eigenvalue weighted by Crippen LogP contribution is -2.16. The standard InChI is InChI=1S/C12H11FN6O2/c13-1-4-18-7-9(5-16-18)8-19-11(17-21-12(19)20)10-6-14-2-3-15-10/h2-3,5-7H,1,4,8H2. The van der Waals surface area contributed by atoms with Crippen LogP contribution in [0.3, 0.4) is 0 Å². The van der Waals surface area contributed by atoms with Gasteiger partial charge in [0.15, 0.2) is 0 Å². The average Bonchev–Trinajstić information content (AvgIpc) is 3.09. The molecule has 9 heteroatoms. The molecule has 0 bridgehead atoms. The molecule has 108 valence electrons. The van der Waals surface area contributed by atoms with Gasteiger partial charge in [0.05, 0.1) is 25.5 Å². The Labute approximate surface area is 117 Å². The highest BCUT2D eigenvalue weighted by atomic mass is 19.1. The molecule has 0 aliphatic carbocycles. The predicted octanol–water partition coefficient (Wildman–Crippen LogP) is 0.508. The van der Waals surface area contributed by atoms with E-state index in [1.165, 1.54) is 27.8 Å². The smallest absolute Gasteiger partial charge is 0.295 e. The third-order valence-electron chi connectivity index (χ3n) is 2.82. The van der Waals surface area contributed by atoms with Gasteiger partial charge >= 0.3 is 5.76 Å². The van der Waals surface area contributed by atoms with E-state index in [9.17, 15) is 9.18 Å². The first-order chi connectivity index (χ1) is 10.3. The minimum atomic E-state index is -0.603. The zero-order valence-electron chi connectivity index (χ0n) is 10.9. The number of hydrogen-bond donors (Lipinski definition) is 0. The predicted molar refractivity (Wildman–Crippen MR) is 69.1 cm³/mol. The second-order valence-electron chi connectivity index (χ2n) is 4.25. The van der Waals surface area contributed by atoms with E-state index in [0.717, 1.165) is 5.56 Å². The van der Waals surface area contributed by atoms with Crippen LogP contribution in [-0.4, -0.2) is 36.1 Å². The Hall–Kier alpha value is -2.84. The minimum Gasteiger partial charge on any atom is -0.295 e. The van der Waals surface area contributed by atoms with Gasteiger partial charge in [-0.2, -0.15) is 5.10 Å². The van der Waals surface area contributed by atoms with Gasteiger partial charge in [0.25, 0.3) is 0 Å². The van der Waals surface area contributed by atoms with Gasteiger partial charge in [0, 0.05) is 24.2 Å². The third-order valence-corrected chi connectivity index (χ3v) is 2.82. The zero-order chi connectivity index (χ0) is 14.7. The quantitative estimate of drug-likeness (QED) is 0.679. The normalized spacial score (nSPS) is 10.9. The lowest BCUT2D eigenvalue weighted by molar-refractivity contribution is 0.378. The van der Waals surface area contributed by atoms with Crippen LogP contribution in [0, 0.1) is 0 Å². The molecule has 0 aliphatic rings. The fourth-order valence-corrected chi connectivity index (χ4v) is 1.89. The average molecular weight is 290 g/mol. The topological polar surface area (TPSA) is 91.6 Å². The SMILES string of the molecule is O=c1onc(-c2cnccn2)n1Cc1cnn(CCF)c1. The van der Waals surface area contributed by atoms with Crippen LogP contribution in [-0.2, 0) is 13.1 Å². The maximum absolute atomic E-state index is 12.3. The summed E-state index contributed by atoms with van der Waals surface area (Å²) in [5, 5.41) is 7.71. The monoisotopic (exact) mass is 290 g/mol. The van der Waals surface area contributed by atoms with Gasteiger partial charge in [-0.3, -0.25) is 18.8 Å². The van der Waals surface area contributed by atoms with E-state index in [-0.39, 0.29) is 18.9 Å². The van der Waals surface area contributed by atoms with Gasteiger partial charge in [-0.05, 0) is 0 Å². The molecule has 0 unspecified atom stereocenters. The Bertz CT molecular complexity index is 778. The van der Waals surface area contributed by atoms with Crippen molar-refractivity contribution in [3.05, 3.63) is 47.1 Å². The minimum absolute atomic E-state index is 0.176. The van der Waals surface area contributed by atoms with Crippen molar-refractivity contribution in [2.75, 3.05) is 6.67 Å². The summed E-state index contributed by atoms with van der Waals surface area (Å²) in [6, 6.07) is 0. The Kier molecular flexibility index (Phi) is 3.54. The summed E-state index contributed by atoms with van der Waals surface area (Å²) in [5.74, 6) is -0.319. The number of nitrogens with zero attached hydrogens (tertiary/aromatic N) is 6. The molecular formula is C12H11FN6O2. The number of halogens is 1. The van der Waals surface area contributed by atoms with Crippen LogP contribution in [0.25, 0.3) is 11.5 Å². The molecule has 3 aromatic rings.